The molecule has 0 saturated carbocycles. The number of aliphatic hydroxyl groups is 1. The van der Waals surface area contributed by atoms with Crippen molar-refractivity contribution in [2.45, 2.75) is 52.4 Å². The average molecular weight is 524 g/mol. The van der Waals surface area contributed by atoms with E-state index in [1.54, 1.807) is 31.2 Å². The molecule has 38 heavy (non-hydrogen) atoms. The van der Waals surface area contributed by atoms with Crippen LogP contribution in [0.5, 0.6) is 5.75 Å². The van der Waals surface area contributed by atoms with Crippen LogP contribution in [0.1, 0.15) is 54.6 Å². The summed E-state index contributed by atoms with van der Waals surface area (Å²) in [7, 11) is 0. The zero-order valence-electron chi connectivity index (χ0n) is 21.7. The van der Waals surface area contributed by atoms with Gasteiger partial charge in [-0.25, -0.2) is 0 Å². The molecule has 1 aliphatic heterocycles. The molecular formula is C30H28F3NO4. The lowest BCUT2D eigenvalue weighted by atomic mass is 9.84. The third kappa shape index (κ3) is 5.30. The van der Waals surface area contributed by atoms with E-state index in [-0.39, 0.29) is 22.4 Å². The quantitative estimate of drug-likeness (QED) is 0.225. The minimum Gasteiger partial charge on any atom is -0.507 e. The van der Waals surface area contributed by atoms with Crippen LogP contribution in [0.3, 0.4) is 0 Å². The fourth-order valence-corrected chi connectivity index (χ4v) is 4.57. The van der Waals surface area contributed by atoms with Crippen molar-refractivity contribution in [2.75, 3.05) is 4.90 Å². The summed E-state index contributed by atoms with van der Waals surface area (Å²) in [5, 5.41) is 11.6. The van der Waals surface area contributed by atoms with E-state index in [2.05, 4.69) is 4.74 Å². The molecule has 3 aromatic rings. The maximum Gasteiger partial charge on any atom is 0.573 e. The van der Waals surface area contributed by atoms with E-state index in [4.69, 9.17) is 0 Å². The van der Waals surface area contributed by atoms with Crippen LogP contribution in [0.4, 0.5) is 18.9 Å². The van der Waals surface area contributed by atoms with Gasteiger partial charge in [0.25, 0.3) is 11.7 Å². The molecule has 0 bridgehead atoms. The van der Waals surface area contributed by atoms with Crippen LogP contribution in [-0.2, 0) is 15.0 Å². The van der Waals surface area contributed by atoms with Crippen molar-refractivity contribution in [3.63, 3.8) is 0 Å². The highest BCUT2D eigenvalue weighted by Crippen LogP contribution is 2.44. The maximum absolute atomic E-state index is 13.5. The molecule has 1 saturated heterocycles. The standard InChI is InChI=1S/C30H28F3NO4/c1-17-8-6-9-19(14-17)25-24(26(35)23-15-20(29(3,4)5)13-12-18(23)2)27(36)28(37)34(25)21-10-7-11-22(16-21)38-30(31,32)33/h6-16,25,35H,1-5H3/b26-24+. The summed E-state index contributed by atoms with van der Waals surface area (Å²) in [4.78, 5) is 28.0. The largest absolute Gasteiger partial charge is 0.573 e. The summed E-state index contributed by atoms with van der Waals surface area (Å²) in [5.74, 6) is -2.78. The first-order valence-corrected chi connectivity index (χ1v) is 12.0. The van der Waals surface area contributed by atoms with Crippen LogP contribution in [0, 0.1) is 13.8 Å². The summed E-state index contributed by atoms with van der Waals surface area (Å²) in [6.07, 6.45) is -4.93. The molecule has 3 aromatic carbocycles. The Morgan fingerprint density at radius 2 is 1.61 bits per heavy atom. The molecule has 1 heterocycles. The number of hydrogen-bond acceptors (Lipinski definition) is 4. The van der Waals surface area contributed by atoms with Crippen LogP contribution in [0.15, 0.2) is 72.3 Å². The van der Waals surface area contributed by atoms with Crippen molar-refractivity contribution in [3.8, 4) is 5.75 Å². The monoisotopic (exact) mass is 523 g/mol. The Morgan fingerprint density at radius 1 is 0.921 bits per heavy atom. The summed E-state index contributed by atoms with van der Waals surface area (Å²) < 4.78 is 42.7. The first-order valence-electron chi connectivity index (χ1n) is 12.0. The fourth-order valence-electron chi connectivity index (χ4n) is 4.57. The second-order valence-electron chi connectivity index (χ2n) is 10.4. The first kappa shape index (κ1) is 27.0. The van der Waals surface area contributed by atoms with Crippen LogP contribution < -0.4 is 9.64 Å². The summed E-state index contributed by atoms with van der Waals surface area (Å²) in [6, 6.07) is 16.4. The number of rotatable bonds is 4. The third-order valence-corrected chi connectivity index (χ3v) is 6.49. The van der Waals surface area contributed by atoms with E-state index in [9.17, 15) is 27.9 Å². The van der Waals surface area contributed by atoms with Crippen molar-refractivity contribution in [2.24, 2.45) is 0 Å². The van der Waals surface area contributed by atoms with Gasteiger partial charge in [0, 0.05) is 17.3 Å². The molecule has 8 heteroatoms. The van der Waals surface area contributed by atoms with E-state index < -0.39 is 29.8 Å². The lowest BCUT2D eigenvalue weighted by Crippen LogP contribution is -2.29. The molecule has 0 radical (unpaired) electrons. The molecule has 1 amide bonds. The average Bonchev–Trinajstić information content (AvgIpc) is 3.08. The number of benzene rings is 3. The Labute approximate surface area is 219 Å². The lowest BCUT2D eigenvalue weighted by molar-refractivity contribution is -0.274. The van der Waals surface area contributed by atoms with Gasteiger partial charge in [0.2, 0.25) is 0 Å². The number of carbonyl (C=O) groups is 2. The van der Waals surface area contributed by atoms with Crippen molar-refractivity contribution in [1.29, 1.82) is 0 Å². The molecule has 0 aliphatic carbocycles. The van der Waals surface area contributed by atoms with Gasteiger partial charge in [-0.15, -0.1) is 13.2 Å². The van der Waals surface area contributed by atoms with Gasteiger partial charge in [-0.3, -0.25) is 14.5 Å². The molecule has 1 fully saturated rings. The predicted octanol–water partition coefficient (Wildman–Crippen LogP) is 7.13. The topological polar surface area (TPSA) is 66.8 Å². The zero-order valence-corrected chi connectivity index (χ0v) is 21.7. The molecular weight excluding hydrogens is 495 g/mol. The zero-order chi connectivity index (χ0) is 28.0. The van der Waals surface area contributed by atoms with Gasteiger partial charge in [0.1, 0.15) is 11.5 Å². The normalized spacial score (nSPS) is 17.7. The summed E-state index contributed by atoms with van der Waals surface area (Å²) in [5.41, 5.74) is 3.03. The number of aliphatic hydroxyl groups excluding tert-OH is 1. The fraction of sp³-hybridized carbons (Fsp3) is 0.267. The van der Waals surface area contributed by atoms with Crippen LogP contribution in [0.25, 0.3) is 5.76 Å². The molecule has 1 unspecified atom stereocenters. The highest BCUT2D eigenvalue weighted by molar-refractivity contribution is 6.51. The molecule has 1 aliphatic rings. The smallest absolute Gasteiger partial charge is 0.507 e. The molecule has 1 N–H and O–H groups in total. The minimum absolute atomic E-state index is 0.0274. The number of amides is 1. The Hall–Kier alpha value is -4.07. The molecule has 4 rings (SSSR count). The highest BCUT2D eigenvalue weighted by atomic mass is 19.4. The molecule has 1 atom stereocenters. The van der Waals surface area contributed by atoms with Gasteiger partial charge in [-0.1, -0.05) is 68.8 Å². The predicted molar refractivity (Wildman–Crippen MR) is 139 cm³/mol. The van der Waals surface area contributed by atoms with Crippen LogP contribution >= 0.6 is 0 Å². The van der Waals surface area contributed by atoms with Crippen molar-refractivity contribution in [1.82, 2.24) is 0 Å². The molecule has 0 aromatic heterocycles. The summed E-state index contributed by atoms with van der Waals surface area (Å²) >= 11 is 0. The van der Waals surface area contributed by atoms with Gasteiger partial charge < -0.3 is 9.84 Å². The van der Waals surface area contributed by atoms with Crippen LogP contribution in [0.2, 0.25) is 0 Å². The molecule has 0 spiro atoms. The Kier molecular flexibility index (Phi) is 6.86. The van der Waals surface area contributed by atoms with Crippen molar-refractivity contribution >= 4 is 23.1 Å². The second-order valence-corrected chi connectivity index (χ2v) is 10.4. The number of ketones is 1. The van der Waals surface area contributed by atoms with E-state index in [1.165, 1.54) is 12.1 Å². The van der Waals surface area contributed by atoms with Gasteiger partial charge >= 0.3 is 6.36 Å². The number of nitrogens with zero attached hydrogens (tertiary/aromatic N) is 1. The highest BCUT2D eigenvalue weighted by Gasteiger charge is 2.47. The van der Waals surface area contributed by atoms with E-state index in [1.807, 2.05) is 45.9 Å². The Morgan fingerprint density at radius 3 is 2.24 bits per heavy atom. The number of halogens is 3. The van der Waals surface area contributed by atoms with Gasteiger partial charge in [-0.05, 0) is 54.2 Å². The molecule has 5 nitrogen and oxygen atoms in total. The number of Topliss-reactive ketones (excluding diaryl/α,β-unsaturated/α-hetero) is 1. The van der Waals surface area contributed by atoms with Crippen molar-refractivity contribution in [3.05, 3.63) is 100 Å². The van der Waals surface area contributed by atoms with Gasteiger partial charge in [-0.2, -0.15) is 0 Å². The number of ether oxygens (including phenoxy) is 1. The number of anilines is 1. The maximum atomic E-state index is 13.5. The first-order chi connectivity index (χ1) is 17.7. The second kappa shape index (κ2) is 9.67. The van der Waals surface area contributed by atoms with Gasteiger partial charge in [0.05, 0.1) is 11.6 Å². The van der Waals surface area contributed by atoms with Gasteiger partial charge in [0.15, 0.2) is 0 Å². The Bertz CT molecular complexity index is 1450. The molecule has 198 valence electrons. The van der Waals surface area contributed by atoms with Crippen molar-refractivity contribution < 1.29 is 32.6 Å². The SMILES string of the molecule is Cc1cccc(C2/C(=C(\O)c3cc(C(C)(C)C)ccc3C)C(=O)C(=O)N2c2cccc(OC(F)(F)F)c2)c1. The van der Waals surface area contributed by atoms with Crippen LogP contribution in [-0.4, -0.2) is 23.2 Å². The third-order valence-electron chi connectivity index (χ3n) is 6.49. The number of alkyl halides is 3. The van der Waals surface area contributed by atoms with E-state index in [0.717, 1.165) is 28.2 Å². The number of aryl methyl sites for hydroxylation is 2. The van der Waals surface area contributed by atoms with E-state index >= 15 is 0 Å². The lowest BCUT2D eigenvalue weighted by Gasteiger charge is -2.26. The number of carbonyl (C=O) groups excluding carboxylic acids is 2. The minimum atomic E-state index is -4.93. The number of hydrogen-bond donors (Lipinski definition) is 1. The summed E-state index contributed by atoms with van der Waals surface area (Å²) in [6.45, 7) is 9.68. The Balaban J connectivity index is 1.95. The van der Waals surface area contributed by atoms with E-state index in [0.29, 0.717) is 16.7 Å².